The van der Waals surface area contributed by atoms with Crippen LogP contribution in [0.25, 0.3) is 22.4 Å². The Labute approximate surface area is 186 Å². The number of aromatic nitrogens is 3. The Hall–Kier alpha value is -3.69. The highest BCUT2D eigenvalue weighted by Gasteiger charge is 2.22. The molecular weight excluding hydrogens is 440 g/mol. The maximum Gasteiger partial charge on any atom is 0.320 e. The first-order valence-corrected chi connectivity index (χ1v) is 10.3. The van der Waals surface area contributed by atoms with Crippen molar-refractivity contribution >= 4 is 16.9 Å². The second-order valence-corrected chi connectivity index (χ2v) is 7.55. The molecule has 0 unspecified atom stereocenters. The van der Waals surface area contributed by atoms with Crippen molar-refractivity contribution in [2.24, 2.45) is 0 Å². The van der Waals surface area contributed by atoms with E-state index in [1.54, 1.807) is 31.2 Å². The van der Waals surface area contributed by atoms with Crippen molar-refractivity contribution in [2.45, 2.75) is 32.2 Å². The fraction of sp³-hybridized carbons (Fsp3) is 0.261. The van der Waals surface area contributed by atoms with Crippen molar-refractivity contribution in [3.63, 3.8) is 0 Å². The van der Waals surface area contributed by atoms with E-state index in [0.717, 1.165) is 16.7 Å². The predicted octanol–water partition coefficient (Wildman–Crippen LogP) is 5.22. The van der Waals surface area contributed by atoms with Gasteiger partial charge in [0.1, 0.15) is 17.5 Å². The number of fused-ring (bicyclic) bond motifs is 1. The molecule has 6 nitrogen and oxygen atoms in total. The summed E-state index contributed by atoms with van der Waals surface area (Å²) in [5, 5.41) is 2.71. The molecule has 0 fully saturated rings. The number of benzene rings is 2. The fourth-order valence-electron chi connectivity index (χ4n) is 3.52. The zero-order valence-electron chi connectivity index (χ0n) is 17.6. The van der Waals surface area contributed by atoms with E-state index >= 15 is 0 Å². The second-order valence-electron chi connectivity index (χ2n) is 7.55. The molecule has 33 heavy (non-hydrogen) atoms. The summed E-state index contributed by atoms with van der Waals surface area (Å²) >= 11 is 0. The number of nitrogens with one attached hydrogen (secondary N) is 1. The summed E-state index contributed by atoms with van der Waals surface area (Å²) in [7, 11) is 0. The maximum atomic E-state index is 13.9. The fourth-order valence-corrected chi connectivity index (χ4v) is 3.52. The van der Waals surface area contributed by atoms with E-state index in [2.05, 4.69) is 15.3 Å². The van der Waals surface area contributed by atoms with Crippen LogP contribution in [-0.2, 0) is 11.2 Å². The molecule has 0 bridgehead atoms. The molecule has 1 atom stereocenters. The van der Waals surface area contributed by atoms with Crippen LogP contribution in [0.5, 0.6) is 0 Å². The number of nitrogens with zero attached hydrogens (tertiary/aromatic N) is 3. The molecule has 4 aromatic rings. The number of hydrogen-bond donors (Lipinski definition) is 1. The third-order valence-corrected chi connectivity index (χ3v) is 5.18. The Morgan fingerprint density at radius 3 is 2.73 bits per heavy atom. The Morgan fingerprint density at radius 1 is 1.18 bits per heavy atom. The minimum atomic E-state index is -2.75. The summed E-state index contributed by atoms with van der Waals surface area (Å²) in [5.74, 6) is -1.73. The molecule has 0 aliphatic rings. The Balaban J connectivity index is 1.34. The van der Waals surface area contributed by atoms with Gasteiger partial charge in [-0.25, -0.2) is 18.7 Å². The van der Waals surface area contributed by atoms with Crippen LogP contribution in [0, 0.1) is 11.6 Å². The van der Waals surface area contributed by atoms with E-state index in [1.807, 2.05) is 0 Å². The van der Waals surface area contributed by atoms with E-state index in [9.17, 15) is 22.4 Å². The van der Waals surface area contributed by atoms with Gasteiger partial charge in [0, 0.05) is 31.4 Å². The molecule has 172 valence electrons. The number of carbonyl (C=O) groups is 1. The normalized spacial score (nSPS) is 12.4. The van der Waals surface area contributed by atoms with Gasteiger partial charge in [-0.3, -0.25) is 9.36 Å². The summed E-state index contributed by atoms with van der Waals surface area (Å²) in [5.41, 5.74) is 0.858. The standard InChI is InChI=1S/C23H20F4N4O2/c1-13(22-30-17-4-2-3-5-18(17)31(22)23(26)27)11-28-20(32)8-9-21-29-12-19(33-21)15-7-6-14(24)10-16(15)25/h2-7,10,12-13,23H,8-9,11H2,1H3,(H,28,32)/t13-/m1/s1. The molecule has 2 aromatic heterocycles. The number of aryl methyl sites for hydroxylation is 1. The lowest BCUT2D eigenvalue weighted by Crippen LogP contribution is -2.28. The van der Waals surface area contributed by atoms with Crippen LogP contribution in [-0.4, -0.2) is 27.0 Å². The third-order valence-electron chi connectivity index (χ3n) is 5.18. The van der Waals surface area contributed by atoms with E-state index < -0.39 is 24.1 Å². The van der Waals surface area contributed by atoms with Gasteiger partial charge in [0.25, 0.3) is 0 Å². The van der Waals surface area contributed by atoms with Crippen molar-refractivity contribution < 1.29 is 26.8 Å². The number of imidazole rings is 1. The summed E-state index contributed by atoms with van der Waals surface area (Å²) in [6.45, 7) is -0.930. The summed E-state index contributed by atoms with van der Waals surface area (Å²) in [4.78, 5) is 20.6. The minimum Gasteiger partial charge on any atom is -0.441 e. The molecule has 2 heterocycles. The van der Waals surface area contributed by atoms with Gasteiger partial charge < -0.3 is 9.73 Å². The van der Waals surface area contributed by atoms with E-state index in [4.69, 9.17) is 4.42 Å². The number of para-hydroxylation sites is 2. The molecule has 0 aliphatic carbocycles. The highest BCUT2D eigenvalue weighted by molar-refractivity contribution is 5.77. The Kier molecular flexibility index (Phi) is 6.43. The SMILES string of the molecule is C[C@H](CNC(=O)CCc1ncc(-c2ccc(F)cc2F)o1)c1nc2ccccc2n1C(F)F. The number of alkyl halides is 2. The van der Waals surface area contributed by atoms with Gasteiger partial charge in [-0.1, -0.05) is 19.1 Å². The Morgan fingerprint density at radius 2 is 1.97 bits per heavy atom. The largest absolute Gasteiger partial charge is 0.441 e. The van der Waals surface area contributed by atoms with Crippen molar-refractivity contribution in [1.29, 1.82) is 0 Å². The lowest BCUT2D eigenvalue weighted by molar-refractivity contribution is -0.121. The molecule has 0 saturated heterocycles. The predicted molar refractivity (Wildman–Crippen MR) is 113 cm³/mol. The molecule has 0 aliphatic heterocycles. The average molecular weight is 460 g/mol. The third kappa shape index (κ3) is 4.89. The number of rotatable bonds is 8. The highest BCUT2D eigenvalue weighted by Crippen LogP contribution is 2.27. The van der Waals surface area contributed by atoms with Crippen LogP contribution in [0.4, 0.5) is 17.6 Å². The number of halogens is 4. The first-order chi connectivity index (χ1) is 15.8. The quantitative estimate of drug-likeness (QED) is 0.366. The minimum absolute atomic E-state index is 0.0316. The maximum absolute atomic E-state index is 13.9. The van der Waals surface area contributed by atoms with Gasteiger partial charge in [0.05, 0.1) is 22.8 Å². The van der Waals surface area contributed by atoms with Crippen molar-refractivity contribution in [2.75, 3.05) is 6.54 Å². The zero-order valence-corrected chi connectivity index (χ0v) is 17.6. The highest BCUT2D eigenvalue weighted by atomic mass is 19.3. The summed E-state index contributed by atoms with van der Waals surface area (Å²) in [6, 6.07) is 9.72. The molecule has 2 aromatic carbocycles. The van der Waals surface area contributed by atoms with Crippen LogP contribution < -0.4 is 5.32 Å². The average Bonchev–Trinajstić information content (AvgIpc) is 3.40. The van der Waals surface area contributed by atoms with Crippen LogP contribution in [0.2, 0.25) is 0 Å². The van der Waals surface area contributed by atoms with Gasteiger partial charge in [0.15, 0.2) is 11.7 Å². The smallest absolute Gasteiger partial charge is 0.320 e. The van der Waals surface area contributed by atoms with E-state index in [1.165, 1.54) is 12.3 Å². The van der Waals surface area contributed by atoms with Gasteiger partial charge in [0.2, 0.25) is 5.91 Å². The van der Waals surface area contributed by atoms with Crippen LogP contribution in [0.1, 0.15) is 37.5 Å². The van der Waals surface area contributed by atoms with Crippen LogP contribution in [0.15, 0.2) is 53.1 Å². The zero-order chi connectivity index (χ0) is 23.5. The number of carbonyl (C=O) groups excluding carboxylic acids is 1. The molecule has 4 rings (SSSR count). The lowest BCUT2D eigenvalue weighted by Gasteiger charge is -2.14. The van der Waals surface area contributed by atoms with Crippen LogP contribution in [0.3, 0.4) is 0 Å². The molecule has 0 radical (unpaired) electrons. The van der Waals surface area contributed by atoms with Gasteiger partial charge in [-0.15, -0.1) is 0 Å². The number of amides is 1. The van der Waals surface area contributed by atoms with E-state index in [0.29, 0.717) is 11.0 Å². The Bertz CT molecular complexity index is 1280. The molecular formula is C23H20F4N4O2. The lowest BCUT2D eigenvalue weighted by atomic mass is 10.1. The molecule has 10 heteroatoms. The number of oxazole rings is 1. The monoisotopic (exact) mass is 460 g/mol. The van der Waals surface area contributed by atoms with Crippen molar-refractivity contribution in [3.05, 3.63) is 72.0 Å². The second kappa shape index (κ2) is 9.43. The number of hydrogen-bond acceptors (Lipinski definition) is 4. The van der Waals surface area contributed by atoms with Gasteiger partial charge in [-0.05, 0) is 24.3 Å². The van der Waals surface area contributed by atoms with Crippen LogP contribution >= 0.6 is 0 Å². The molecule has 1 N–H and O–H groups in total. The summed E-state index contributed by atoms with van der Waals surface area (Å²) in [6.07, 6.45) is 1.49. The molecule has 0 spiro atoms. The first kappa shape index (κ1) is 22.5. The first-order valence-electron chi connectivity index (χ1n) is 10.3. The van der Waals surface area contributed by atoms with Crippen molar-refractivity contribution in [3.8, 4) is 11.3 Å². The van der Waals surface area contributed by atoms with Crippen molar-refractivity contribution in [1.82, 2.24) is 19.9 Å². The molecule has 1 amide bonds. The van der Waals surface area contributed by atoms with Gasteiger partial charge >= 0.3 is 6.55 Å². The molecule has 0 saturated carbocycles. The topological polar surface area (TPSA) is 73.0 Å². The van der Waals surface area contributed by atoms with Gasteiger partial charge in [-0.2, -0.15) is 8.78 Å². The summed E-state index contributed by atoms with van der Waals surface area (Å²) < 4.78 is 60.5. The van der Waals surface area contributed by atoms with E-state index in [-0.39, 0.29) is 48.3 Å².